The standard InChI is InChI=1S/C16H21N3O4/c17-14(20)16(5-1-2-6-16)10-18-15(21)19-11-3-4-12-13(9-11)23-8-7-22-12/h3-4,9H,1-2,5-8,10H2,(H2,17,20)(H2,18,19,21). The lowest BCUT2D eigenvalue weighted by molar-refractivity contribution is -0.127. The highest BCUT2D eigenvalue weighted by Gasteiger charge is 2.39. The molecule has 1 aliphatic carbocycles. The molecule has 7 nitrogen and oxygen atoms in total. The zero-order valence-corrected chi connectivity index (χ0v) is 12.9. The summed E-state index contributed by atoms with van der Waals surface area (Å²) in [5.41, 5.74) is 5.50. The van der Waals surface area contributed by atoms with E-state index in [0.29, 0.717) is 30.4 Å². The second-order valence-corrected chi connectivity index (χ2v) is 6.02. The number of amides is 3. The van der Waals surface area contributed by atoms with Crippen molar-refractivity contribution in [1.82, 2.24) is 5.32 Å². The number of rotatable bonds is 4. The van der Waals surface area contributed by atoms with Crippen LogP contribution in [0, 0.1) is 5.41 Å². The Morgan fingerprint density at radius 2 is 1.83 bits per heavy atom. The molecule has 0 unspecified atom stereocenters. The van der Waals surface area contributed by atoms with E-state index in [1.807, 2.05) is 0 Å². The first kappa shape index (κ1) is 15.5. The van der Waals surface area contributed by atoms with Crippen LogP contribution in [-0.2, 0) is 4.79 Å². The molecular formula is C16H21N3O4. The summed E-state index contributed by atoms with van der Waals surface area (Å²) in [6.45, 7) is 1.28. The third-order valence-corrected chi connectivity index (χ3v) is 4.47. The SMILES string of the molecule is NC(=O)C1(CNC(=O)Nc2ccc3c(c2)OCCO3)CCCC1. The van der Waals surface area contributed by atoms with Crippen LogP contribution in [0.5, 0.6) is 11.5 Å². The number of ether oxygens (including phenoxy) is 2. The fourth-order valence-corrected chi connectivity index (χ4v) is 3.11. The molecule has 1 heterocycles. The van der Waals surface area contributed by atoms with Crippen molar-refractivity contribution in [3.8, 4) is 11.5 Å². The van der Waals surface area contributed by atoms with E-state index in [4.69, 9.17) is 15.2 Å². The summed E-state index contributed by atoms with van der Waals surface area (Å²) in [4.78, 5) is 23.7. The lowest BCUT2D eigenvalue weighted by Crippen LogP contribution is -2.45. The average molecular weight is 319 g/mol. The summed E-state index contributed by atoms with van der Waals surface area (Å²) in [6, 6.07) is 4.85. The Kier molecular flexibility index (Phi) is 4.27. The molecule has 1 aliphatic heterocycles. The van der Waals surface area contributed by atoms with Crippen LogP contribution >= 0.6 is 0 Å². The Hall–Kier alpha value is -2.44. The Morgan fingerprint density at radius 3 is 2.52 bits per heavy atom. The van der Waals surface area contributed by atoms with E-state index < -0.39 is 5.41 Å². The molecule has 0 radical (unpaired) electrons. The van der Waals surface area contributed by atoms with Gasteiger partial charge in [0.15, 0.2) is 11.5 Å². The second-order valence-electron chi connectivity index (χ2n) is 6.02. The Labute approximate surface area is 134 Å². The molecule has 1 saturated carbocycles. The maximum atomic E-state index is 12.1. The topological polar surface area (TPSA) is 103 Å². The zero-order valence-electron chi connectivity index (χ0n) is 12.9. The van der Waals surface area contributed by atoms with E-state index in [1.165, 1.54) is 0 Å². The Balaban J connectivity index is 1.58. The molecule has 23 heavy (non-hydrogen) atoms. The predicted octanol–water partition coefficient (Wildman–Crippen LogP) is 1.62. The number of nitrogens with two attached hydrogens (primary N) is 1. The highest BCUT2D eigenvalue weighted by atomic mass is 16.6. The van der Waals surface area contributed by atoms with Gasteiger partial charge in [-0.2, -0.15) is 0 Å². The van der Waals surface area contributed by atoms with Gasteiger partial charge in [-0.15, -0.1) is 0 Å². The summed E-state index contributed by atoms with van der Waals surface area (Å²) < 4.78 is 10.9. The molecule has 0 saturated heterocycles. The molecule has 7 heteroatoms. The van der Waals surface area contributed by atoms with Crippen LogP contribution in [-0.4, -0.2) is 31.7 Å². The molecule has 4 N–H and O–H groups in total. The predicted molar refractivity (Wildman–Crippen MR) is 84.5 cm³/mol. The number of benzene rings is 1. The van der Waals surface area contributed by atoms with Gasteiger partial charge >= 0.3 is 6.03 Å². The maximum Gasteiger partial charge on any atom is 0.319 e. The van der Waals surface area contributed by atoms with Crippen molar-refractivity contribution in [2.24, 2.45) is 11.1 Å². The Morgan fingerprint density at radius 1 is 1.13 bits per heavy atom. The van der Waals surface area contributed by atoms with Crippen LogP contribution < -0.4 is 25.8 Å². The average Bonchev–Trinajstić information content (AvgIpc) is 3.03. The normalized spacial score (nSPS) is 18.3. The number of hydrogen-bond donors (Lipinski definition) is 3. The first-order chi connectivity index (χ1) is 11.1. The molecule has 0 bridgehead atoms. The van der Waals surface area contributed by atoms with Crippen molar-refractivity contribution in [3.05, 3.63) is 18.2 Å². The summed E-state index contributed by atoms with van der Waals surface area (Å²) >= 11 is 0. The van der Waals surface area contributed by atoms with Crippen LogP contribution in [0.15, 0.2) is 18.2 Å². The van der Waals surface area contributed by atoms with Crippen molar-refractivity contribution in [2.75, 3.05) is 25.1 Å². The van der Waals surface area contributed by atoms with Crippen LogP contribution in [0.4, 0.5) is 10.5 Å². The zero-order chi connectivity index (χ0) is 16.3. The summed E-state index contributed by atoms with van der Waals surface area (Å²) in [5, 5.41) is 5.49. The van der Waals surface area contributed by atoms with Crippen molar-refractivity contribution in [2.45, 2.75) is 25.7 Å². The summed E-state index contributed by atoms with van der Waals surface area (Å²) in [7, 11) is 0. The fraction of sp³-hybridized carbons (Fsp3) is 0.500. The van der Waals surface area contributed by atoms with Gasteiger partial charge in [0.05, 0.1) is 5.41 Å². The second kappa shape index (κ2) is 6.36. The summed E-state index contributed by atoms with van der Waals surface area (Å²) in [5.74, 6) is 0.939. The highest BCUT2D eigenvalue weighted by Crippen LogP contribution is 2.37. The maximum absolute atomic E-state index is 12.1. The minimum absolute atomic E-state index is 0.263. The van der Waals surface area contributed by atoms with Gasteiger partial charge in [0.1, 0.15) is 13.2 Å². The lowest BCUT2D eigenvalue weighted by atomic mass is 9.85. The van der Waals surface area contributed by atoms with Gasteiger partial charge < -0.3 is 25.8 Å². The van der Waals surface area contributed by atoms with Gasteiger partial charge in [-0.3, -0.25) is 4.79 Å². The molecule has 1 aromatic rings. The minimum Gasteiger partial charge on any atom is -0.486 e. The van der Waals surface area contributed by atoms with Crippen molar-refractivity contribution >= 4 is 17.6 Å². The molecule has 0 aromatic heterocycles. The number of hydrogen-bond acceptors (Lipinski definition) is 4. The largest absolute Gasteiger partial charge is 0.486 e. The monoisotopic (exact) mass is 319 g/mol. The quantitative estimate of drug-likeness (QED) is 0.784. The molecular weight excluding hydrogens is 298 g/mol. The lowest BCUT2D eigenvalue weighted by Gasteiger charge is -2.25. The number of anilines is 1. The van der Waals surface area contributed by atoms with Gasteiger partial charge in [-0.1, -0.05) is 12.8 Å². The van der Waals surface area contributed by atoms with E-state index in [-0.39, 0.29) is 18.5 Å². The van der Waals surface area contributed by atoms with Gasteiger partial charge in [-0.05, 0) is 25.0 Å². The first-order valence-electron chi connectivity index (χ1n) is 7.83. The van der Waals surface area contributed by atoms with E-state index in [1.54, 1.807) is 18.2 Å². The Bertz CT molecular complexity index is 611. The van der Waals surface area contributed by atoms with Crippen LogP contribution in [0.1, 0.15) is 25.7 Å². The third-order valence-electron chi connectivity index (χ3n) is 4.47. The van der Waals surface area contributed by atoms with Crippen LogP contribution in [0.25, 0.3) is 0 Å². The van der Waals surface area contributed by atoms with E-state index in [0.717, 1.165) is 25.7 Å². The van der Waals surface area contributed by atoms with Crippen LogP contribution in [0.3, 0.4) is 0 Å². The number of carbonyl (C=O) groups is 2. The molecule has 3 rings (SSSR count). The molecule has 2 aliphatic rings. The molecule has 3 amide bonds. The number of carbonyl (C=O) groups excluding carboxylic acids is 2. The van der Waals surface area contributed by atoms with Gasteiger partial charge in [-0.25, -0.2) is 4.79 Å². The molecule has 1 fully saturated rings. The van der Waals surface area contributed by atoms with E-state index in [9.17, 15) is 9.59 Å². The number of urea groups is 1. The van der Waals surface area contributed by atoms with Gasteiger partial charge in [0.25, 0.3) is 0 Å². The van der Waals surface area contributed by atoms with Crippen molar-refractivity contribution in [1.29, 1.82) is 0 Å². The molecule has 1 aromatic carbocycles. The van der Waals surface area contributed by atoms with Crippen molar-refractivity contribution < 1.29 is 19.1 Å². The van der Waals surface area contributed by atoms with E-state index in [2.05, 4.69) is 10.6 Å². The number of primary amides is 1. The minimum atomic E-state index is -0.607. The van der Waals surface area contributed by atoms with Gasteiger partial charge in [0.2, 0.25) is 5.91 Å². The third kappa shape index (κ3) is 3.33. The van der Waals surface area contributed by atoms with Crippen molar-refractivity contribution in [3.63, 3.8) is 0 Å². The highest BCUT2D eigenvalue weighted by molar-refractivity contribution is 5.90. The van der Waals surface area contributed by atoms with Gasteiger partial charge in [0, 0.05) is 18.3 Å². The number of fused-ring (bicyclic) bond motifs is 1. The molecule has 0 spiro atoms. The number of nitrogens with one attached hydrogen (secondary N) is 2. The summed E-state index contributed by atoms with van der Waals surface area (Å²) in [6.07, 6.45) is 3.39. The van der Waals surface area contributed by atoms with Crippen LogP contribution in [0.2, 0.25) is 0 Å². The molecule has 124 valence electrons. The molecule has 0 atom stereocenters. The smallest absolute Gasteiger partial charge is 0.319 e. The van der Waals surface area contributed by atoms with E-state index >= 15 is 0 Å². The first-order valence-corrected chi connectivity index (χ1v) is 7.83. The fourth-order valence-electron chi connectivity index (χ4n) is 3.11.